The number of unbranched alkanes of at least 4 members (excludes halogenated alkanes) is 1. The predicted molar refractivity (Wildman–Crippen MR) is 108 cm³/mol. The van der Waals surface area contributed by atoms with Gasteiger partial charge in [0, 0.05) is 22.1 Å². The van der Waals surface area contributed by atoms with Crippen LogP contribution >= 0.6 is 22.9 Å². The van der Waals surface area contributed by atoms with E-state index in [0.717, 1.165) is 34.8 Å². The molecule has 1 aromatic heterocycles. The van der Waals surface area contributed by atoms with E-state index in [-0.39, 0.29) is 5.84 Å². The maximum Gasteiger partial charge on any atom is 0.425 e. The summed E-state index contributed by atoms with van der Waals surface area (Å²) in [6, 6.07) is 5.03. The summed E-state index contributed by atoms with van der Waals surface area (Å²) >= 11 is 7.65. The maximum atomic E-state index is 11.0. The van der Waals surface area contributed by atoms with Gasteiger partial charge in [-0.3, -0.25) is 0 Å². The van der Waals surface area contributed by atoms with Gasteiger partial charge in [-0.15, -0.1) is 16.4 Å². The molecular formula is C18H23ClN4O3S. The zero-order valence-corrected chi connectivity index (χ0v) is 17.3. The fourth-order valence-electron chi connectivity index (χ4n) is 2.45. The topological polar surface area (TPSA) is 88.2 Å². The van der Waals surface area contributed by atoms with E-state index in [4.69, 9.17) is 21.4 Å². The highest BCUT2D eigenvalue weighted by Crippen LogP contribution is 2.24. The Balaban J connectivity index is 2.66. The van der Waals surface area contributed by atoms with Gasteiger partial charge >= 0.3 is 6.09 Å². The van der Waals surface area contributed by atoms with Crippen LogP contribution in [0, 0.1) is 13.8 Å². The molecule has 1 aromatic carbocycles. The van der Waals surface area contributed by atoms with E-state index in [1.807, 2.05) is 19.3 Å². The van der Waals surface area contributed by atoms with Crippen molar-refractivity contribution in [2.75, 3.05) is 7.11 Å². The Hall–Kier alpha value is -2.32. The fourth-order valence-corrected chi connectivity index (χ4v) is 3.63. The van der Waals surface area contributed by atoms with Gasteiger partial charge in [0.2, 0.25) is 0 Å². The number of hydrogen-bond acceptors (Lipinski definition) is 4. The van der Waals surface area contributed by atoms with Crippen molar-refractivity contribution in [2.24, 2.45) is 10.1 Å². The number of halogens is 1. The van der Waals surface area contributed by atoms with E-state index in [2.05, 4.69) is 21.6 Å². The number of ether oxygens (including phenoxy) is 1. The van der Waals surface area contributed by atoms with E-state index in [9.17, 15) is 4.79 Å². The lowest BCUT2D eigenvalue weighted by Gasteiger charge is -2.09. The highest BCUT2D eigenvalue weighted by Gasteiger charge is 2.14. The van der Waals surface area contributed by atoms with Crippen molar-refractivity contribution >= 4 is 34.9 Å². The van der Waals surface area contributed by atoms with E-state index < -0.39 is 6.09 Å². The highest BCUT2D eigenvalue weighted by molar-refractivity contribution is 7.09. The van der Waals surface area contributed by atoms with Crippen molar-refractivity contribution < 1.29 is 14.6 Å². The van der Waals surface area contributed by atoms with E-state index >= 15 is 0 Å². The molecule has 0 radical (unpaired) electrons. The van der Waals surface area contributed by atoms with Crippen LogP contribution in [0.4, 0.5) is 4.79 Å². The standard InChI is InChI=1S/C18H23ClN4O3S/c1-5-6-9-23-11(2)12(3)27-17(23)20-16(21-22-18(24)25)14-10-13(19)7-8-15(14)26-4/h7-8,10,22H,5-6,9H2,1-4H3,(H,24,25)/b20-17?,21-16-. The zero-order chi connectivity index (χ0) is 20.0. The molecule has 2 rings (SSSR count). The number of thiazole rings is 1. The van der Waals surface area contributed by atoms with Gasteiger partial charge in [0.1, 0.15) is 5.75 Å². The molecule has 0 atom stereocenters. The van der Waals surface area contributed by atoms with Crippen LogP contribution in [0.2, 0.25) is 5.02 Å². The molecule has 0 aliphatic carbocycles. The number of hydrogen-bond donors (Lipinski definition) is 2. The predicted octanol–water partition coefficient (Wildman–Crippen LogP) is 4.16. The van der Waals surface area contributed by atoms with Gasteiger partial charge in [0.15, 0.2) is 10.6 Å². The summed E-state index contributed by atoms with van der Waals surface area (Å²) < 4.78 is 7.49. The number of aromatic nitrogens is 1. The van der Waals surface area contributed by atoms with Crippen molar-refractivity contribution in [3.05, 3.63) is 44.2 Å². The molecule has 146 valence electrons. The molecule has 0 spiro atoms. The van der Waals surface area contributed by atoms with Gasteiger partial charge in [-0.05, 0) is 38.5 Å². The number of methoxy groups -OCH3 is 1. The van der Waals surface area contributed by atoms with Gasteiger partial charge < -0.3 is 14.4 Å². The van der Waals surface area contributed by atoms with Crippen molar-refractivity contribution in [1.82, 2.24) is 9.99 Å². The lowest BCUT2D eigenvalue weighted by Crippen LogP contribution is -2.21. The van der Waals surface area contributed by atoms with Crippen molar-refractivity contribution in [1.29, 1.82) is 0 Å². The summed E-state index contributed by atoms with van der Waals surface area (Å²) in [5.74, 6) is 0.683. The van der Waals surface area contributed by atoms with Crippen LogP contribution in [0.25, 0.3) is 0 Å². The molecule has 0 saturated heterocycles. The molecule has 0 aliphatic rings. The smallest absolute Gasteiger partial charge is 0.425 e. The Bertz CT molecular complexity index is 918. The highest BCUT2D eigenvalue weighted by atomic mass is 35.5. The van der Waals surface area contributed by atoms with Crippen LogP contribution in [0.5, 0.6) is 5.75 Å². The number of amidine groups is 1. The number of nitrogens with zero attached hydrogens (tertiary/aromatic N) is 3. The second kappa shape index (κ2) is 9.57. The lowest BCUT2D eigenvalue weighted by atomic mass is 10.2. The number of carbonyl (C=O) groups is 1. The summed E-state index contributed by atoms with van der Waals surface area (Å²) in [6.07, 6.45) is 0.802. The normalized spacial score (nSPS) is 12.3. The molecule has 0 saturated carbocycles. The molecule has 2 aromatic rings. The molecular weight excluding hydrogens is 388 g/mol. The first kappa shape index (κ1) is 21.0. The first-order valence-electron chi connectivity index (χ1n) is 8.49. The molecule has 0 unspecified atom stereocenters. The van der Waals surface area contributed by atoms with Gasteiger partial charge in [-0.2, -0.15) is 4.99 Å². The molecule has 7 nitrogen and oxygen atoms in total. The van der Waals surface area contributed by atoms with Gasteiger partial charge in [0.25, 0.3) is 0 Å². The molecule has 0 aliphatic heterocycles. The van der Waals surface area contributed by atoms with E-state index in [1.54, 1.807) is 18.2 Å². The number of benzene rings is 1. The summed E-state index contributed by atoms with van der Waals surface area (Å²) in [4.78, 5) is 17.5. The third-order valence-electron chi connectivity index (χ3n) is 3.99. The van der Waals surface area contributed by atoms with Crippen LogP contribution in [0.3, 0.4) is 0 Å². The average molecular weight is 411 g/mol. The summed E-state index contributed by atoms with van der Waals surface area (Å²) in [5, 5.41) is 13.4. The number of amides is 1. The first-order valence-corrected chi connectivity index (χ1v) is 9.68. The summed E-state index contributed by atoms with van der Waals surface area (Å²) in [5.41, 5.74) is 3.67. The van der Waals surface area contributed by atoms with Gasteiger partial charge in [0.05, 0.1) is 12.7 Å². The number of rotatable bonds is 6. The number of nitrogens with one attached hydrogen (secondary N) is 1. The van der Waals surface area contributed by atoms with E-state index in [1.165, 1.54) is 18.4 Å². The molecule has 1 amide bonds. The van der Waals surface area contributed by atoms with Gasteiger partial charge in [-0.25, -0.2) is 10.2 Å². The zero-order valence-electron chi connectivity index (χ0n) is 15.7. The Morgan fingerprint density at radius 2 is 2.15 bits per heavy atom. The van der Waals surface area contributed by atoms with Crippen molar-refractivity contribution in [3.63, 3.8) is 0 Å². The fraction of sp³-hybridized carbons (Fsp3) is 0.389. The SMILES string of the molecule is CCCCn1c(C)c(C)sc1=N/C(=N\NC(=O)O)c1cc(Cl)ccc1OC. The maximum absolute atomic E-state index is 11.0. The Morgan fingerprint density at radius 3 is 2.78 bits per heavy atom. The third-order valence-corrected chi connectivity index (χ3v) is 5.32. The summed E-state index contributed by atoms with van der Waals surface area (Å²) in [6.45, 7) is 7.05. The van der Waals surface area contributed by atoms with Crippen molar-refractivity contribution in [3.8, 4) is 5.75 Å². The quantitative estimate of drug-likeness (QED) is 0.425. The number of carboxylic acid groups (broad SMARTS) is 1. The van der Waals surface area contributed by atoms with Crippen LogP contribution < -0.4 is 15.0 Å². The number of aryl methyl sites for hydroxylation is 1. The van der Waals surface area contributed by atoms with Gasteiger partial charge in [-0.1, -0.05) is 24.9 Å². The number of hydrazone groups is 1. The monoisotopic (exact) mass is 410 g/mol. The van der Waals surface area contributed by atoms with E-state index in [0.29, 0.717) is 16.3 Å². The van der Waals surface area contributed by atoms with Crippen LogP contribution in [-0.2, 0) is 6.54 Å². The third kappa shape index (κ3) is 5.33. The molecule has 27 heavy (non-hydrogen) atoms. The molecule has 2 N–H and O–H groups in total. The van der Waals surface area contributed by atoms with Crippen LogP contribution in [-0.4, -0.2) is 28.7 Å². The largest absolute Gasteiger partial charge is 0.496 e. The molecule has 1 heterocycles. The second-order valence-corrected chi connectivity index (χ2v) is 7.46. The minimum atomic E-state index is -1.28. The second-order valence-electron chi connectivity index (χ2n) is 5.84. The Morgan fingerprint density at radius 1 is 1.41 bits per heavy atom. The minimum absolute atomic E-state index is 0.184. The summed E-state index contributed by atoms with van der Waals surface area (Å²) in [7, 11) is 1.52. The molecule has 0 bridgehead atoms. The average Bonchev–Trinajstić information content (AvgIpc) is 2.90. The Labute approximate surface area is 167 Å². The molecule has 0 fully saturated rings. The molecule has 9 heteroatoms. The Kier molecular flexibility index (Phi) is 7.44. The van der Waals surface area contributed by atoms with Crippen molar-refractivity contribution in [2.45, 2.75) is 40.2 Å². The van der Waals surface area contributed by atoms with Crippen LogP contribution in [0.15, 0.2) is 28.3 Å². The first-order chi connectivity index (χ1) is 12.9. The minimum Gasteiger partial charge on any atom is -0.496 e. The van der Waals surface area contributed by atoms with Crippen LogP contribution in [0.1, 0.15) is 35.9 Å². The lowest BCUT2D eigenvalue weighted by molar-refractivity contribution is 0.195.